The Hall–Kier alpha value is -1.69. The highest BCUT2D eigenvalue weighted by Gasteiger charge is 2.22. The van der Waals surface area contributed by atoms with Crippen molar-refractivity contribution in [2.45, 2.75) is 13.0 Å². The van der Waals surface area contributed by atoms with Gasteiger partial charge in [-0.25, -0.2) is 4.39 Å². The SMILES string of the molecule is C[C@H](N)c1c(F)ccc([N+](=O)[O-])c1O. The molecule has 0 spiro atoms. The number of nitro benzene ring substituents is 1. The minimum Gasteiger partial charge on any atom is -0.502 e. The van der Waals surface area contributed by atoms with Gasteiger partial charge >= 0.3 is 5.69 Å². The molecule has 0 heterocycles. The maximum Gasteiger partial charge on any atom is 0.311 e. The molecule has 0 unspecified atom stereocenters. The third kappa shape index (κ3) is 1.64. The summed E-state index contributed by atoms with van der Waals surface area (Å²) in [5.74, 6) is -1.45. The number of nitro groups is 1. The number of benzene rings is 1. The molecule has 5 nitrogen and oxygen atoms in total. The van der Waals surface area contributed by atoms with Crippen LogP contribution in [0.25, 0.3) is 0 Å². The number of aromatic hydroxyl groups is 1. The van der Waals surface area contributed by atoms with Crippen LogP contribution in [0.4, 0.5) is 10.1 Å². The number of rotatable bonds is 2. The van der Waals surface area contributed by atoms with Crippen molar-refractivity contribution in [1.29, 1.82) is 0 Å². The highest BCUT2D eigenvalue weighted by molar-refractivity contribution is 5.52. The fraction of sp³-hybridized carbons (Fsp3) is 0.250. The Kier molecular flexibility index (Phi) is 2.66. The highest BCUT2D eigenvalue weighted by atomic mass is 19.1. The van der Waals surface area contributed by atoms with Gasteiger partial charge in [0, 0.05) is 12.1 Å². The molecule has 1 atom stereocenters. The van der Waals surface area contributed by atoms with Crippen LogP contribution in [-0.4, -0.2) is 10.0 Å². The lowest BCUT2D eigenvalue weighted by atomic mass is 10.1. The number of phenolic OH excluding ortho intramolecular Hbond substituents is 1. The number of nitrogens with two attached hydrogens (primary N) is 1. The summed E-state index contributed by atoms with van der Waals surface area (Å²) in [4.78, 5) is 9.60. The number of nitrogens with zero attached hydrogens (tertiary/aromatic N) is 1. The molecule has 0 saturated carbocycles. The summed E-state index contributed by atoms with van der Waals surface area (Å²) in [5.41, 5.74) is 4.58. The molecule has 14 heavy (non-hydrogen) atoms. The second-order valence-corrected chi connectivity index (χ2v) is 2.87. The van der Waals surface area contributed by atoms with E-state index in [1.807, 2.05) is 0 Å². The van der Waals surface area contributed by atoms with E-state index in [0.717, 1.165) is 12.1 Å². The standard InChI is InChI=1S/C8H9FN2O3/c1-4(10)7-5(9)2-3-6(8(7)12)11(13)14/h2-4,12H,10H2,1H3/t4-/m0/s1. The molecular formula is C8H9FN2O3. The summed E-state index contributed by atoms with van der Waals surface area (Å²) in [7, 11) is 0. The van der Waals surface area contributed by atoms with Gasteiger partial charge in [-0.3, -0.25) is 10.1 Å². The fourth-order valence-corrected chi connectivity index (χ4v) is 1.15. The molecule has 3 N–H and O–H groups in total. The number of hydrogen-bond acceptors (Lipinski definition) is 4. The molecule has 0 bridgehead atoms. The van der Waals surface area contributed by atoms with Crippen LogP contribution in [0.3, 0.4) is 0 Å². The molecule has 76 valence electrons. The van der Waals surface area contributed by atoms with Crippen molar-refractivity contribution in [3.8, 4) is 5.75 Å². The molecule has 0 saturated heterocycles. The molecule has 0 aliphatic rings. The zero-order valence-electron chi connectivity index (χ0n) is 7.40. The number of hydrogen-bond donors (Lipinski definition) is 2. The minimum atomic E-state index is -0.796. The summed E-state index contributed by atoms with van der Waals surface area (Å²) in [6.45, 7) is 1.43. The maximum absolute atomic E-state index is 13.1. The average Bonchev–Trinajstić information content (AvgIpc) is 2.02. The average molecular weight is 200 g/mol. The Morgan fingerprint density at radius 2 is 2.21 bits per heavy atom. The summed E-state index contributed by atoms with van der Waals surface area (Å²) in [6, 6.07) is 1.02. The summed E-state index contributed by atoms with van der Waals surface area (Å²) in [6.07, 6.45) is 0. The molecule has 0 aliphatic heterocycles. The van der Waals surface area contributed by atoms with Gasteiger partial charge in [-0.05, 0) is 13.0 Å². The second-order valence-electron chi connectivity index (χ2n) is 2.87. The maximum atomic E-state index is 13.1. The molecule has 6 heteroatoms. The largest absolute Gasteiger partial charge is 0.502 e. The Morgan fingerprint density at radius 1 is 1.64 bits per heavy atom. The lowest BCUT2D eigenvalue weighted by molar-refractivity contribution is -0.386. The van der Waals surface area contributed by atoms with E-state index in [9.17, 15) is 19.6 Å². The lowest BCUT2D eigenvalue weighted by Crippen LogP contribution is -2.08. The van der Waals surface area contributed by atoms with E-state index in [0.29, 0.717) is 0 Å². The first-order valence-electron chi connectivity index (χ1n) is 3.86. The van der Waals surface area contributed by atoms with E-state index in [4.69, 9.17) is 5.73 Å². The first-order chi connectivity index (χ1) is 6.45. The summed E-state index contributed by atoms with van der Waals surface area (Å²) < 4.78 is 13.1. The molecule has 0 aromatic heterocycles. The first-order valence-corrected chi connectivity index (χ1v) is 3.86. The number of phenols is 1. The van der Waals surface area contributed by atoms with Crippen molar-refractivity contribution in [3.63, 3.8) is 0 Å². The monoisotopic (exact) mass is 200 g/mol. The summed E-state index contributed by atoms with van der Waals surface area (Å²) >= 11 is 0. The van der Waals surface area contributed by atoms with Crippen LogP contribution in [0.15, 0.2) is 12.1 Å². The van der Waals surface area contributed by atoms with E-state index in [1.165, 1.54) is 6.92 Å². The van der Waals surface area contributed by atoms with Crippen LogP contribution in [0, 0.1) is 15.9 Å². The van der Waals surface area contributed by atoms with Crippen molar-refractivity contribution >= 4 is 5.69 Å². The molecule has 1 aromatic carbocycles. The highest BCUT2D eigenvalue weighted by Crippen LogP contribution is 2.34. The Labute approximate surface area is 79.1 Å². The summed E-state index contributed by atoms with van der Waals surface area (Å²) in [5, 5.41) is 19.7. The van der Waals surface area contributed by atoms with Crippen LogP contribution >= 0.6 is 0 Å². The van der Waals surface area contributed by atoms with Gasteiger partial charge in [0.1, 0.15) is 5.82 Å². The predicted octanol–water partition coefficient (Wildman–Crippen LogP) is 1.46. The zero-order valence-corrected chi connectivity index (χ0v) is 7.40. The van der Waals surface area contributed by atoms with Crippen LogP contribution in [0.5, 0.6) is 5.75 Å². The van der Waals surface area contributed by atoms with Gasteiger partial charge in [0.05, 0.1) is 10.5 Å². The Morgan fingerprint density at radius 3 is 2.64 bits per heavy atom. The third-order valence-corrected chi connectivity index (χ3v) is 1.79. The van der Waals surface area contributed by atoms with Crippen molar-refractivity contribution in [2.75, 3.05) is 0 Å². The van der Waals surface area contributed by atoms with E-state index in [1.54, 1.807) is 0 Å². The van der Waals surface area contributed by atoms with Crippen molar-refractivity contribution < 1.29 is 14.4 Å². The topological polar surface area (TPSA) is 89.4 Å². The fourth-order valence-electron chi connectivity index (χ4n) is 1.15. The van der Waals surface area contributed by atoms with Crippen molar-refractivity contribution in [2.24, 2.45) is 5.73 Å². The van der Waals surface area contributed by atoms with Gasteiger partial charge < -0.3 is 10.8 Å². The Bertz CT molecular complexity index is 379. The van der Waals surface area contributed by atoms with Gasteiger partial charge in [0.25, 0.3) is 0 Å². The molecular weight excluding hydrogens is 191 g/mol. The van der Waals surface area contributed by atoms with Crippen molar-refractivity contribution in [1.82, 2.24) is 0 Å². The molecule has 0 aliphatic carbocycles. The zero-order chi connectivity index (χ0) is 10.9. The molecule has 0 fully saturated rings. The van der Waals surface area contributed by atoms with E-state index in [2.05, 4.69) is 0 Å². The van der Waals surface area contributed by atoms with Crippen LogP contribution < -0.4 is 5.73 Å². The first kappa shape index (κ1) is 10.4. The van der Waals surface area contributed by atoms with E-state index < -0.39 is 28.2 Å². The van der Waals surface area contributed by atoms with E-state index >= 15 is 0 Å². The minimum absolute atomic E-state index is 0.237. The quantitative estimate of drug-likeness (QED) is 0.558. The van der Waals surface area contributed by atoms with Crippen LogP contribution in [0.2, 0.25) is 0 Å². The lowest BCUT2D eigenvalue weighted by Gasteiger charge is -2.09. The van der Waals surface area contributed by atoms with Gasteiger partial charge in [-0.2, -0.15) is 0 Å². The second kappa shape index (κ2) is 3.59. The van der Waals surface area contributed by atoms with E-state index in [-0.39, 0.29) is 5.56 Å². The smallest absolute Gasteiger partial charge is 0.311 e. The number of halogens is 1. The molecule has 1 rings (SSSR count). The van der Waals surface area contributed by atoms with Crippen LogP contribution in [-0.2, 0) is 0 Å². The van der Waals surface area contributed by atoms with Gasteiger partial charge in [0.15, 0.2) is 0 Å². The molecule has 0 radical (unpaired) electrons. The normalized spacial score (nSPS) is 12.5. The van der Waals surface area contributed by atoms with Gasteiger partial charge in [0.2, 0.25) is 5.75 Å². The van der Waals surface area contributed by atoms with Gasteiger partial charge in [-0.15, -0.1) is 0 Å². The molecule has 1 aromatic rings. The molecule has 0 amide bonds. The third-order valence-electron chi connectivity index (χ3n) is 1.79. The van der Waals surface area contributed by atoms with Crippen LogP contribution in [0.1, 0.15) is 18.5 Å². The van der Waals surface area contributed by atoms with Gasteiger partial charge in [-0.1, -0.05) is 0 Å². The van der Waals surface area contributed by atoms with Crippen molar-refractivity contribution in [3.05, 3.63) is 33.6 Å². The Balaban J connectivity index is 3.41. The predicted molar refractivity (Wildman–Crippen MR) is 47.3 cm³/mol.